The third-order valence-corrected chi connectivity index (χ3v) is 1.81. The minimum Gasteiger partial charge on any atom is -0.232 e. The van der Waals surface area contributed by atoms with Gasteiger partial charge in [0.15, 0.2) is 0 Å². The van der Waals surface area contributed by atoms with Crippen LogP contribution in [0.4, 0.5) is 0 Å². The lowest BCUT2D eigenvalue weighted by Crippen LogP contribution is -1.87. The van der Waals surface area contributed by atoms with Gasteiger partial charge in [-0.25, -0.2) is 5.11 Å². The summed E-state index contributed by atoms with van der Waals surface area (Å²) in [6.07, 6.45) is 0. The monoisotopic (exact) mass is 149 g/mol. The summed E-state index contributed by atoms with van der Waals surface area (Å²) in [6.45, 7) is 4.18. The highest BCUT2D eigenvalue weighted by Gasteiger charge is 1.97. The lowest BCUT2D eigenvalue weighted by molar-refractivity contribution is 0.177. The Morgan fingerprint density at radius 2 is 1.73 bits per heavy atom. The largest absolute Gasteiger partial charge is 0.232 e. The second kappa shape index (κ2) is 3.54. The Kier molecular flexibility index (Phi) is 2.66. The molecule has 0 aromatic heterocycles. The van der Waals surface area contributed by atoms with E-state index in [2.05, 4.69) is 13.8 Å². The lowest BCUT2D eigenvalue weighted by Gasteiger charge is -2.04. The third-order valence-electron chi connectivity index (χ3n) is 1.81. The van der Waals surface area contributed by atoms with Crippen LogP contribution in [0.2, 0.25) is 0 Å². The fourth-order valence-electron chi connectivity index (χ4n) is 0.999. The highest BCUT2D eigenvalue weighted by atomic mass is 16.3. The zero-order valence-electron chi connectivity index (χ0n) is 7.00. The van der Waals surface area contributed by atoms with Crippen LogP contribution in [0.3, 0.4) is 0 Å². The molecule has 0 saturated heterocycles. The summed E-state index contributed by atoms with van der Waals surface area (Å²) in [4.78, 5) is 0. The van der Waals surface area contributed by atoms with Crippen LogP contribution in [0.5, 0.6) is 0 Å². The molecule has 0 aliphatic heterocycles. The van der Waals surface area contributed by atoms with Gasteiger partial charge in [0.05, 0.1) is 0 Å². The summed E-state index contributed by atoms with van der Waals surface area (Å²) in [6, 6.07) is 7.86. The van der Waals surface area contributed by atoms with Crippen LogP contribution in [0.25, 0.3) is 0 Å². The third kappa shape index (κ3) is 2.05. The molecule has 0 saturated carbocycles. The molecular formula is C10H13O. The molecule has 1 aromatic rings. The SMILES string of the molecule is CC(C)c1ccc(C[O])cc1. The standard InChI is InChI=1S/C10H13O/c1-8(2)10-5-3-9(7-11)4-6-10/h3-6,8H,7H2,1-2H3. The van der Waals surface area contributed by atoms with Gasteiger partial charge in [-0.1, -0.05) is 38.1 Å². The topological polar surface area (TPSA) is 19.9 Å². The molecule has 0 aliphatic carbocycles. The smallest absolute Gasteiger partial charge is 0.107 e. The normalized spacial score (nSPS) is 10.5. The van der Waals surface area contributed by atoms with E-state index >= 15 is 0 Å². The van der Waals surface area contributed by atoms with E-state index in [9.17, 15) is 5.11 Å². The minimum absolute atomic E-state index is 0.113. The van der Waals surface area contributed by atoms with Crippen molar-refractivity contribution in [3.8, 4) is 0 Å². The lowest BCUT2D eigenvalue weighted by atomic mass is 10.0. The Morgan fingerprint density at radius 1 is 1.18 bits per heavy atom. The van der Waals surface area contributed by atoms with E-state index in [1.54, 1.807) is 0 Å². The van der Waals surface area contributed by atoms with Crippen molar-refractivity contribution >= 4 is 0 Å². The van der Waals surface area contributed by atoms with Crippen molar-refractivity contribution in [2.75, 3.05) is 0 Å². The summed E-state index contributed by atoms with van der Waals surface area (Å²) in [5.41, 5.74) is 2.16. The van der Waals surface area contributed by atoms with E-state index in [4.69, 9.17) is 0 Å². The highest BCUT2D eigenvalue weighted by molar-refractivity contribution is 5.23. The Balaban J connectivity index is 2.83. The molecule has 1 nitrogen and oxygen atoms in total. The van der Waals surface area contributed by atoms with Crippen molar-refractivity contribution in [1.29, 1.82) is 0 Å². The molecule has 1 aromatic carbocycles. The number of hydrogen-bond donors (Lipinski definition) is 0. The molecule has 0 heterocycles. The summed E-state index contributed by atoms with van der Waals surface area (Å²) in [5.74, 6) is 0.552. The van der Waals surface area contributed by atoms with E-state index < -0.39 is 0 Å². The predicted molar refractivity (Wildman–Crippen MR) is 44.9 cm³/mol. The van der Waals surface area contributed by atoms with E-state index in [0.717, 1.165) is 5.56 Å². The van der Waals surface area contributed by atoms with Gasteiger partial charge in [-0.2, -0.15) is 0 Å². The van der Waals surface area contributed by atoms with Crippen LogP contribution >= 0.6 is 0 Å². The maximum Gasteiger partial charge on any atom is 0.107 e. The van der Waals surface area contributed by atoms with Gasteiger partial charge in [0.25, 0.3) is 0 Å². The molecule has 0 unspecified atom stereocenters. The van der Waals surface area contributed by atoms with Gasteiger partial charge in [0.1, 0.15) is 6.61 Å². The van der Waals surface area contributed by atoms with Crippen LogP contribution in [0.15, 0.2) is 24.3 Å². The highest BCUT2D eigenvalue weighted by Crippen LogP contribution is 2.14. The maximum atomic E-state index is 10.4. The Bertz CT molecular complexity index is 211. The minimum atomic E-state index is -0.113. The van der Waals surface area contributed by atoms with Crippen LogP contribution in [-0.4, -0.2) is 0 Å². The molecule has 0 aliphatic rings. The first-order valence-corrected chi connectivity index (χ1v) is 3.91. The van der Waals surface area contributed by atoms with Gasteiger partial charge >= 0.3 is 0 Å². The summed E-state index contributed by atoms with van der Waals surface area (Å²) >= 11 is 0. The molecule has 0 N–H and O–H groups in total. The molecule has 0 fully saturated rings. The molecule has 11 heavy (non-hydrogen) atoms. The van der Waals surface area contributed by atoms with Crippen molar-refractivity contribution in [2.45, 2.75) is 26.4 Å². The molecule has 0 spiro atoms. The summed E-state index contributed by atoms with van der Waals surface area (Å²) < 4.78 is 0. The molecule has 1 radical (unpaired) electrons. The summed E-state index contributed by atoms with van der Waals surface area (Å²) in [7, 11) is 0. The zero-order valence-corrected chi connectivity index (χ0v) is 7.00. The average Bonchev–Trinajstić information content (AvgIpc) is 2.05. The molecule has 0 atom stereocenters. The first-order valence-electron chi connectivity index (χ1n) is 3.91. The zero-order chi connectivity index (χ0) is 8.27. The van der Waals surface area contributed by atoms with Gasteiger partial charge in [-0.15, -0.1) is 0 Å². The Labute approximate surface area is 67.7 Å². The molecule has 1 rings (SSSR count). The van der Waals surface area contributed by atoms with E-state index in [-0.39, 0.29) is 6.61 Å². The van der Waals surface area contributed by atoms with Crippen molar-refractivity contribution < 1.29 is 5.11 Å². The fraction of sp³-hybridized carbons (Fsp3) is 0.400. The Morgan fingerprint density at radius 3 is 2.09 bits per heavy atom. The van der Waals surface area contributed by atoms with Crippen LogP contribution in [-0.2, 0) is 11.7 Å². The van der Waals surface area contributed by atoms with Crippen LogP contribution < -0.4 is 0 Å². The van der Waals surface area contributed by atoms with Crippen LogP contribution in [0, 0.1) is 0 Å². The number of rotatable bonds is 2. The van der Waals surface area contributed by atoms with E-state index in [0.29, 0.717) is 5.92 Å². The van der Waals surface area contributed by atoms with Gasteiger partial charge in [0, 0.05) is 0 Å². The molecule has 0 amide bonds. The van der Waals surface area contributed by atoms with Crippen molar-refractivity contribution in [2.24, 2.45) is 0 Å². The second-order valence-electron chi connectivity index (χ2n) is 3.04. The molecular weight excluding hydrogens is 136 g/mol. The molecule has 59 valence electrons. The predicted octanol–water partition coefficient (Wildman–Crippen LogP) is 2.74. The first kappa shape index (κ1) is 8.28. The van der Waals surface area contributed by atoms with E-state index in [1.165, 1.54) is 5.56 Å². The van der Waals surface area contributed by atoms with Crippen LogP contribution in [0.1, 0.15) is 30.9 Å². The molecule has 0 bridgehead atoms. The first-order chi connectivity index (χ1) is 5.24. The van der Waals surface area contributed by atoms with Gasteiger partial charge in [-0.05, 0) is 17.0 Å². The van der Waals surface area contributed by atoms with Gasteiger partial charge < -0.3 is 0 Å². The van der Waals surface area contributed by atoms with Crippen molar-refractivity contribution in [1.82, 2.24) is 0 Å². The van der Waals surface area contributed by atoms with Gasteiger partial charge in [-0.3, -0.25) is 0 Å². The summed E-state index contributed by atoms with van der Waals surface area (Å²) in [5, 5.41) is 10.4. The maximum absolute atomic E-state index is 10.4. The number of hydrogen-bond acceptors (Lipinski definition) is 0. The number of benzene rings is 1. The average molecular weight is 149 g/mol. The van der Waals surface area contributed by atoms with Gasteiger partial charge in [0.2, 0.25) is 0 Å². The van der Waals surface area contributed by atoms with Crippen molar-refractivity contribution in [3.63, 3.8) is 0 Å². The van der Waals surface area contributed by atoms with E-state index in [1.807, 2.05) is 24.3 Å². The quantitative estimate of drug-likeness (QED) is 0.616. The van der Waals surface area contributed by atoms with Crippen molar-refractivity contribution in [3.05, 3.63) is 35.4 Å². The second-order valence-corrected chi connectivity index (χ2v) is 3.04. The molecule has 1 heteroatoms. The Hall–Kier alpha value is -0.820. The fourth-order valence-corrected chi connectivity index (χ4v) is 0.999.